The molecule has 0 fully saturated rings. The van der Waals surface area contributed by atoms with Crippen molar-refractivity contribution in [3.8, 4) is 0 Å². The van der Waals surface area contributed by atoms with Gasteiger partial charge in [0.05, 0.1) is 0 Å². The summed E-state index contributed by atoms with van der Waals surface area (Å²) in [6.07, 6.45) is 1.84. The zero-order chi connectivity index (χ0) is 11.1. The van der Waals surface area contributed by atoms with E-state index < -0.39 is 0 Å². The van der Waals surface area contributed by atoms with Gasteiger partial charge in [-0.05, 0) is 43.9 Å². The molecule has 0 atom stereocenters. The number of hydrogen-bond acceptors (Lipinski definition) is 2. The Morgan fingerprint density at radius 3 is 2.60 bits per heavy atom. The number of benzene rings is 1. The lowest BCUT2D eigenvalue weighted by Crippen LogP contribution is -2.28. The largest absolute Gasteiger partial charge is 0.322 e. The van der Waals surface area contributed by atoms with Crippen molar-refractivity contribution in [2.75, 3.05) is 0 Å². The molecule has 0 unspecified atom stereocenters. The summed E-state index contributed by atoms with van der Waals surface area (Å²) in [7, 11) is 0. The fourth-order valence-electron chi connectivity index (χ4n) is 1.73. The van der Waals surface area contributed by atoms with Crippen LogP contribution in [0, 0.1) is 6.92 Å². The Balaban J connectivity index is 2.68. The number of rotatable bonds is 1. The fraction of sp³-hybridized carbons (Fsp3) is 0.308. The Hall–Kier alpha value is -1.41. The topological polar surface area (TPSA) is 38.9 Å². The van der Waals surface area contributed by atoms with E-state index in [-0.39, 0.29) is 5.54 Å². The molecule has 1 heterocycles. The fourth-order valence-corrected chi connectivity index (χ4v) is 1.73. The van der Waals surface area contributed by atoms with Crippen molar-refractivity contribution in [1.82, 2.24) is 4.98 Å². The van der Waals surface area contributed by atoms with Gasteiger partial charge in [0, 0.05) is 22.8 Å². The molecule has 0 saturated carbocycles. The van der Waals surface area contributed by atoms with E-state index in [1.807, 2.05) is 33.0 Å². The molecule has 0 aliphatic rings. The van der Waals surface area contributed by atoms with Gasteiger partial charge in [0.1, 0.15) is 0 Å². The van der Waals surface area contributed by atoms with Gasteiger partial charge in [-0.15, -0.1) is 0 Å². The predicted molar refractivity (Wildman–Crippen MR) is 63.7 cm³/mol. The van der Waals surface area contributed by atoms with Crippen molar-refractivity contribution >= 4 is 10.8 Å². The van der Waals surface area contributed by atoms with E-state index in [1.165, 1.54) is 10.8 Å². The summed E-state index contributed by atoms with van der Waals surface area (Å²) in [6, 6.07) is 8.35. The van der Waals surface area contributed by atoms with E-state index in [4.69, 9.17) is 5.73 Å². The van der Waals surface area contributed by atoms with Crippen LogP contribution < -0.4 is 5.73 Å². The highest BCUT2D eigenvalue weighted by Crippen LogP contribution is 2.23. The summed E-state index contributed by atoms with van der Waals surface area (Å²) in [6.45, 7) is 6.06. The van der Waals surface area contributed by atoms with Crippen LogP contribution in [0.5, 0.6) is 0 Å². The first-order valence-corrected chi connectivity index (χ1v) is 5.13. The number of fused-ring (bicyclic) bond motifs is 1. The standard InChI is InChI=1S/C13H16N2/c1-9-12-5-4-11(13(2,3)14)8-10(12)6-7-15-9/h4-8H,14H2,1-3H3. The van der Waals surface area contributed by atoms with Crippen LogP contribution in [-0.2, 0) is 5.54 Å². The lowest BCUT2D eigenvalue weighted by molar-refractivity contribution is 0.555. The summed E-state index contributed by atoms with van der Waals surface area (Å²) in [4.78, 5) is 4.27. The monoisotopic (exact) mass is 200 g/mol. The van der Waals surface area contributed by atoms with E-state index in [2.05, 4.69) is 23.2 Å². The maximum absolute atomic E-state index is 6.07. The van der Waals surface area contributed by atoms with E-state index in [0.29, 0.717) is 0 Å². The maximum Gasteiger partial charge on any atom is 0.0450 e. The highest BCUT2D eigenvalue weighted by atomic mass is 14.7. The number of nitrogens with zero attached hydrogens (tertiary/aromatic N) is 1. The molecule has 0 saturated heterocycles. The molecule has 0 amide bonds. The van der Waals surface area contributed by atoms with Crippen LogP contribution in [0.4, 0.5) is 0 Å². The van der Waals surface area contributed by atoms with Gasteiger partial charge in [-0.1, -0.05) is 12.1 Å². The molecule has 1 aromatic carbocycles. The lowest BCUT2D eigenvalue weighted by atomic mass is 9.93. The van der Waals surface area contributed by atoms with Crippen molar-refractivity contribution in [2.24, 2.45) is 5.73 Å². The summed E-state index contributed by atoms with van der Waals surface area (Å²) >= 11 is 0. The summed E-state index contributed by atoms with van der Waals surface area (Å²) in [5.74, 6) is 0. The van der Waals surface area contributed by atoms with Crippen molar-refractivity contribution in [2.45, 2.75) is 26.3 Å². The molecule has 0 bridgehead atoms. The third-order valence-electron chi connectivity index (χ3n) is 2.71. The first-order valence-electron chi connectivity index (χ1n) is 5.13. The van der Waals surface area contributed by atoms with E-state index in [1.54, 1.807) is 0 Å². The van der Waals surface area contributed by atoms with Gasteiger partial charge in [0.25, 0.3) is 0 Å². The van der Waals surface area contributed by atoms with Crippen LogP contribution in [0.25, 0.3) is 10.8 Å². The van der Waals surface area contributed by atoms with Crippen molar-refractivity contribution in [3.63, 3.8) is 0 Å². The molecule has 1 aromatic heterocycles. The molecule has 0 aliphatic heterocycles. The van der Waals surface area contributed by atoms with Gasteiger partial charge in [-0.3, -0.25) is 4.98 Å². The molecular weight excluding hydrogens is 184 g/mol. The van der Waals surface area contributed by atoms with Crippen LogP contribution >= 0.6 is 0 Å². The Morgan fingerprint density at radius 1 is 1.20 bits per heavy atom. The maximum atomic E-state index is 6.07. The van der Waals surface area contributed by atoms with Crippen molar-refractivity contribution < 1.29 is 0 Å². The number of nitrogens with two attached hydrogens (primary N) is 1. The Bertz CT molecular complexity index is 495. The quantitative estimate of drug-likeness (QED) is 0.768. The second kappa shape index (κ2) is 3.31. The summed E-state index contributed by atoms with van der Waals surface area (Å²) in [5.41, 5.74) is 8.00. The van der Waals surface area contributed by atoms with Gasteiger partial charge in [-0.2, -0.15) is 0 Å². The van der Waals surface area contributed by atoms with Crippen LogP contribution in [0.1, 0.15) is 25.1 Å². The molecule has 0 radical (unpaired) electrons. The third kappa shape index (κ3) is 1.85. The Kier molecular flexibility index (Phi) is 2.24. The molecule has 78 valence electrons. The van der Waals surface area contributed by atoms with Crippen molar-refractivity contribution in [1.29, 1.82) is 0 Å². The summed E-state index contributed by atoms with van der Waals surface area (Å²) in [5, 5.41) is 2.41. The number of aryl methyl sites for hydroxylation is 1. The van der Waals surface area contributed by atoms with E-state index in [9.17, 15) is 0 Å². The molecule has 0 aliphatic carbocycles. The van der Waals surface area contributed by atoms with Crippen LogP contribution in [0.3, 0.4) is 0 Å². The Labute approximate surface area is 90.1 Å². The van der Waals surface area contributed by atoms with Gasteiger partial charge in [0.15, 0.2) is 0 Å². The molecule has 2 heteroatoms. The molecule has 2 nitrogen and oxygen atoms in total. The highest BCUT2D eigenvalue weighted by Gasteiger charge is 2.14. The van der Waals surface area contributed by atoms with Crippen LogP contribution in [-0.4, -0.2) is 4.98 Å². The molecular formula is C13H16N2. The normalized spacial score (nSPS) is 12.0. The lowest BCUT2D eigenvalue weighted by Gasteiger charge is -2.19. The van der Waals surface area contributed by atoms with Gasteiger partial charge in [-0.25, -0.2) is 0 Å². The smallest absolute Gasteiger partial charge is 0.0450 e. The summed E-state index contributed by atoms with van der Waals surface area (Å²) < 4.78 is 0. The third-order valence-corrected chi connectivity index (χ3v) is 2.71. The van der Waals surface area contributed by atoms with Gasteiger partial charge in [0.2, 0.25) is 0 Å². The van der Waals surface area contributed by atoms with Gasteiger partial charge < -0.3 is 5.73 Å². The SMILES string of the molecule is Cc1nccc2cc(C(C)(C)N)ccc12. The zero-order valence-electron chi connectivity index (χ0n) is 9.41. The molecule has 2 N–H and O–H groups in total. The number of hydrogen-bond donors (Lipinski definition) is 1. The average Bonchev–Trinajstić information content (AvgIpc) is 2.16. The minimum Gasteiger partial charge on any atom is -0.322 e. The molecule has 2 aromatic rings. The number of aromatic nitrogens is 1. The highest BCUT2D eigenvalue weighted by molar-refractivity contribution is 5.85. The zero-order valence-corrected chi connectivity index (χ0v) is 9.41. The predicted octanol–water partition coefficient (Wildman–Crippen LogP) is 2.74. The number of pyridine rings is 1. The van der Waals surface area contributed by atoms with E-state index in [0.717, 1.165) is 11.3 Å². The molecule has 0 spiro atoms. The Morgan fingerprint density at radius 2 is 1.93 bits per heavy atom. The second-order valence-electron chi connectivity index (χ2n) is 4.55. The minimum atomic E-state index is -0.286. The molecule has 15 heavy (non-hydrogen) atoms. The van der Waals surface area contributed by atoms with Crippen LogP contribution in [0.2, 0.25) is 0 Å². The average molecular weight is 200 g/mol. The van der Waals surface area contributed by atoms with Crippen molar-refractivity contribution in [3.05, 3.63) is 41.7 Å². The van der Waals surface area contributed by atoms with Crippen LogP contribution in [0.15, 0.2) is 30.5 Å². The second-order valence-corrected chi connectivity index (χ2v) is 4.55. The first-order chi connectivity index (χ1) is 6.98. The minimum absolute atomic E-state index is 0.286. The first kappa shape index (κ1) is 10.1. The van der Waals surface area contributed by atoms with Gasteiger partial charge >= 0.3 is 0 Å². The molecule has 2 rings (SSSR count). The van der Waals surface area contributed by atoms with E-state index >= 15 is 0 Å².